The second-order valence-electron chi connectivity index (χ2n) is 2.96. The van der Waals surface area contributed by atoms with Gasteiger partial charge in [0, 0.05) is 15.4 Å². The second-order valence-corrected chi connectivity index (χ2v) is 5.09. The van der Waals surface area contributed by atoms with Crippen molar-refractivity contribution in [1.29, 1.82) is 0 Å². The fourth-order valence-corrected chi connectivity index (χ4v) is 2.09. The maximum absolute atomic E-state index is 11.6. The highest BCUT2D eigenvalue weighted by Crippen LogP contribution is 2.19. The average molecular weight is 340 g/mol. The Morgan fingerprint density at radius 1 is 1.50 bits per heavy atom. The third-order valence-corrected chi connectivity index (χ3v) is 3.06. The molecule has 0 bridgehead atoms. The van der Waals surface area contributed by atoms with Crippen molar-refractivity contribution >= 4 is 49.2 Å². The highest BCUT2D eigenvalue weighted by atomic mass is 79.9. The molecule has 14 heavy (non-hydrogen) atoms. The SMILES string of the molecule is CC(Cl)C(=O)c1cc(Br)cc(CBr)c1. The number of alkyl halides is 2. The summed E-state index contributed by atoms with van der Waals surface area (Å²) in [6, 6.07) is 5.60. The van der Waals surface area contributed by atoms with E-state index in [1.165, 1.54) is 0 Å². The molecule has 0 amide bonds. The van der Waals surface area contributed by atoms with Crippen LogP contribution in [0.3, 0.4) is 0 Å². The normalized spacial score (nSPS) is 12.6. The molecule has 0 fully saturated rings. The van der Waals surface area contributed by atoms with E-state index in [9.17, 15) is 4.79 Å². The maximum Gasteiger partial charge on any atom is 0.180 e. The monoisotopic (exact) mass is 338 g/mol. The Balaban J connectivity index is 3.09. The molecule has 0 saturated heterocycles. The lowest BCUT2D eigenvalue weighted by Gasteiger charge is -2.05. The number of ketones is 1. The molecule has 1 atom stereocenters. The van der Waals surface area contributed by atoms with Gasteiger partial charge in [0.15, 0.2) is 5.78 Å². The molecular weight excluding hydrogens is 331 g/mol. The third-order valence-electron chi connectivity index (χ3n) is 1.76. The summed E-state index contributed by atoms with van der Waals surface area (Å²) in [6.45, 7) is 1.68. The lowest BCUT2D eigenvalue weighted by Crippen LogP contribution is -2.10. The summed E-state index contributed by atoms with van der Waals surface area (Å²) in [4.78, 5) is 11.6. The molecule has 1 aromatic rings. The summed E-state index contributed by atoms with van der Waals surface area (Å²) in [5, 5.41) is 0.246. The predicted molar refractivity (Wildman–Crippen MR) is 66.4 cm³/mol. The van der Waals surface area contributed by atoms with Crippen molar-refractivity contribution in [2.75, 3.05) is 0 Å². The fourth-order valence-electron chi connectivity index (χ4n) is 1.10. The lowest BCUT2D eigenvalue weighted by molar-refractivity contribution is 0.0991. The van der Waals surface area contributed by atoms with Crippen LogP contribution in [0.15, 0.2) is 22.7 Å². The van der Waals surface area contributed by atoms with Gasteiger partial charge >= 0.3 is 0 Å². The van der Waals surface area contributed by atoms with Gasteiger partial charge in [0.2, 0.25) is 0 Å². The first kappa shape index (κ1) is 12.2. The Bertz CT molecular complexity index is 350. The van der Waals surface area contributed by atoms with Crippen LogP contribution < -0.4 is 0 Å². The van der Waals surface area contributed by atoms with E-state index in [1.54, 1.807) is 13.0 Å². The molecule has 1 nitrogen and oxygen atoms in total. The van der Waals surface area contributed by atoms with E-state index in [1.807, 2.05) is 12.1 Å². The van der Waals surface area contributed by atoms with Gasteiger partial charge in [0.05, 0.1) is 5.38 Å². The number of benzene rings is 1. The Labute approximate surface area is 105 Å². The second kappa shape index (κ2) is 5.29. The van der Waals surface area contributed by atoms with Crippen LogP contribution in [0.4, 0.5) is 0 Å². The number of carbonyl (C=O) groups is 1. The quantitative estimate of drug-likeness (QED) is 0.597. The minimum Gasteiger partial charge on any atom is -0.293 e. The molecule has 0 aromatic heterocycles. The summed E-state index contributed by atoms with van der Waals surface area (Å²) >= 11 is 12.4. The largest absolute Gasteiger partial charge is 0.293 e. The smallest absolute Gasteiger partial charge is 0.180 e. The van der Waals surface area contributed by atoms with Gasteiger partial charge in [-0.3, -0.25) is 4.79 Å². The molecule has 0 saturated carbocycles. The third kappa shape index (κ3) is 3.07. The molecule has 4 heteroatoms. The highest BCUT2D eigenvalue weighted by Gasteiger charge is 2.13. The van der Waals surface area contributed by atoms with Crippen molar-refractivity contribution in [2.24, 2.45) is 0 Å². The van der Waals surface area contributed by atoms with Gasteiger partial charge in [-0.25, -0.2) is 0 Å². The van der Waals surface area contributed by atoms with Gasteiger partial charge in [-0.15, -0.1) is 11.6 Å². The first-order valence-electron chi connectivity index (χ1n) is 4.08. The number of hydrogen-bond acceptors (Lipinski definition) is 1. The van der Waals surface area contributed by atoms with Crippen LogP contribution in [0.5, 0.6) is 0 Å². The van der Waals surface area contributed by atoms with Crippen LogP contribution in [-0.2, 0) is 5.33 Å². The molecular formula is C10H9Br2ClO. The molecule has 1 aromatic carbocycles. The van der Waals surface area contributed by atoms with Crippen molar-refractivity contribution in [2.45, 2.75) is 17.6 Å². The summed E-state index contributed by atoms with van der Waals surface area (Å²) in [5.41, 5.74) is 1.70. The van der Waals surface area contributed by atoms with Crippen LogP contribution in [0.2, 0.25) is 0 Å². The Morgan fingerprint density at radius 2 is 2.14 bits per heavy atom. The van der Waals surface area contributed by atoms with Crippen molar-refractivity contribution in [1.82, 2.24) is 0 Å². The van der Waals surface area contributed by atoms with Gasteiger partial charge in [-0.1, -0.05) is 31.9 Å². The zero-order valence-electron chi connectivity index (χ0n) is 7.56. The summed E-state index contributed by atoms with van der Waals surface area (Å²) < 4.78 is 0.898. The van der Waals surface area contributed by atoms with Gasteiger partial charge in [0.1, 0.15) is 0 Å². The zero-order chi connectivity index (χ0) is 10.7. The van der Waals surface area contributed by atoms with Crippen LogP contribution >= 0.6 is 43.5 Å². The number of rotatable bonds is 3. The average Bonchev–Trinajstić information content (AvgIpc) is 2.15. The molecule has 0 aliphatic heterocycles. The van der Waals surface area contributed by atoms with Crippen molar-refractivity contribution < 1.29 is 4.79 Å². The molecule has 0 heterocycles. The first-order chi connectivity index (χ1) is 6.54. The van der Waals surface area contributed by atoms with E-state index in [0.717, 1.165) is 15.4 Å². The molecule has 0 aliphatic carbocycles. The van der Waals surface area contributed by atoms with Gasteiger partial charge in [0.25, 0.3) is 0 Å². The summed E-state index contributed by atoms with van der Waals surface area (Å²) in [5.74, 6) is -0.0461. The van der Waals surface area contributed by atoms with E-state index in [4.69, 9.17) is 11.6 Å². The van der Waals surface area contributed by atoms with Gasteiger partial charge in [-0.05, 0) is 30.7 Å². The van der Waals surface area contributed by atoms with Crippen LogP contribution in [0.25, 0.3) is 0 Å². The molecule has 0 spiro atoms. The maximum atomic E-state index is 11.6. The predicted octanol–water partition coefficient (Wildman–Crippen LogP) is 4.15. The van der Waals surface area contributed by atoms with Gasteiger partial charge < -0.3 is 0 Å². The van der Waals surface area contributed by atoms with E-state index in [0.29, 0.717) is 5.56 Å². The molecule has 76 valence electrons. The minimum absolute atomic E-state index is 0.0461. The number of hydrogen-bond donors (Lipinski definition) is 0. The Hall–Kier alpha value is 0.140. The molecule has 1 unspecified atom stereocenters. The zero-order valence-corrected chi connectivity index (χ0v) is 11.5. The van der Waals surface area contributed by atoms with E-state index in [2.05, 4.69) is 31.9 Å². The van der Waals surface area contributed by atoms with Gasteiger partial charge in [-0.2, -0.15) is 0 Å². The van der Waals surface area contributed by atoms with E-state index >= 15 is 0 Å². The number of Topliss-reactive ketones (excluding diaryl/α,β-unsaturated/α-hetero) is 1. The Morgan fingerprint density at radius 3 is 2.64 bits per heavy atom. The van der Waals surface area contributed by atoms with E-state index in [-0.39, 0.29) is 5.78 Å². The molecule has 0 radical (unpaired) electrons. The van der Waals surface area contributed by atoms with E-state index < -0.39 is 5.38 Å². The summed E-state index contributed by atoms with van der Waals surface area (Å²) in [6.07, 6.45) is 0. The first-order valence-corrected chi connectivity index (χ1v) is 6.43. The molecule has 0 N–H and O–H groups in total. The minimum atomic E-state index is -0.479. The highest BCUT2D eigenvalue weighted by molar-refractivity contribution is 9.10. The fraction of sp³-hybridized carbons (Fsp3) is 0.300. The van der Waals surface area contributed by atoms with Crippen molar-refractivity contribution in [3.63, 3.8) is 0 Å². The Kier molecular flexibility index (Phi) is 4.61. The van der Waals surface area contributed by atoms with Crippen molar-refractivity contribution in [3.8, 4) is 0 Å². The van der Waals surface area contributed by atoms with Crippen LogP contribution in [0, 0.1) is 0 Å². The summed E-state index contributed by atoms with van der Waals surface area (Å²) in [7, 11) is 0. The number of carbonyl (C=O) groups excluding carboxylic acids is 1. The lowest BCUT2D eigenvalue weighted by atomic mass is 10.1. The van der Waals surface area contributed by atoms with Crippen LogP contribution in [0.1, 0.15) is 22.8 Å². The van der Waals surface area contributed by atoms with Crippen molar-refractivity contribution in [3.05, 3.63) is 33.8 Å². The molecule has 0 aliphatic rings. The topological polar surface area (TPSA) is 17.1 Å². The molecule has 1 rings (SSSR count). The number of halogens is 3. The standard InChI is InChI=1S/C10H9Br2ClO/c1-6(13)10(14)8-2-7(5-11)3-9(12)4-8/h2-4,6H,5H2,1H3. The van der Waals surface area contributed by atoms with Crippen LogP contribution in [-0.4, -0.2) is 11.2 Å².